The smallest absolute Gasteiger partial charge is 0.264 e. The molecule has 11 nitrogen and oxygen atoms in total. The summed E-state index contributed by atoms with van der Waals surface area (Å²) >= 11 is 0. The summed E-state index contributed by atoms with van der Waals surface area (Å²) < 4.78 is 0. The van der Waals surface area contributed by atoms with Crippen LogP contribution < -0.4 is 16.0 Å². The van der Waals surface area contributed by atoms with Crippen LogP contribution in [0.2, 0.25) is 0 Å². The first-order chi connectivity index (χ1) is 16.8. The molecule has 0 aromatic heterocycles. The van der Waals surface area contributed by atoms with Gasteiger partial charge in [0.2, 0.25) is 17.7 Å². The number of nitrogens with one attached hydrogen (secondary N) is 1. The highest BCUT2D eigenvalue weighted by Crippen LogP contribution is 2.34. The third-order valence-electron chi connectivity index (χ3n) is 7.41. The molecule has 1 atom stereocenters. The number of likely N-dealkylation sites (tertiary alicyclic amines) is 1. The van der Waals surface area contributed by atoms with Crippen molar-refractivity contribution in [3.8, 4) is 0 Å². The minimum absolute atomic E-state index is 0.0849. The van der Waals surface area contributed by atoms with Crippen LogP contribution >= 0.6 is 0 Å². The summed E-state index contributed by atoms with van der Waals surface area (Å²) in [4.78, 5) is 70.0. The van der Waals surface area contributed by atoms with E-state index in [0.29, 0.717) is 57.1 Å². The largest absolute Gasteiger partial charge is 0.368 e. The topological polar surface area (TPSA) is 136 Å². The minimum Gasteiger partial charge on any atom is -0.368 e. The molecule has 5 amide bonds. The van der Waals surface area contributed by atoms with E-state index in [4.69, 9.17) is 5.73 Å². The number of nitrogens with two attached hydrogens (primary N) is 1. The van der Waals surface area contributed by atoms with E-state index in [2.05, 4.69) is 15.1 Å². The van der Waals surface area contributed by atoms with Gasteiger partial charge in [0.1, 0.15) is 6.04 Å². The maximum Gasteiger partial charge on any atom is 0.264 e. The van der Waals surface area contributed by atoms with Gasteiger partial charge in [0.25, 0.3) is 11.8 Å². The molecule has 4 aliphatic rings. The molecular formula is C24H30N6O5. The third kappa shape index (κ3) is 4.41. The third-order valence-corrected chi connectivity index (χ3v) is 7.41. The van der Waals surface area contributed by atoms with Gasteiger partial charge in [0.05, 0.1) is 23.4 Å². The first kappa shape index (κ1) is 23.4. The number of hydrogen-bond donors (Lipinski definition) is 2. The molecule has 3 N–H and O–H groups in total. The maximum absolute atomic E-state index is 13.3. The zero-order valence-corrected chi connectivity index (χ0v) is 19.6. The van der Waals surface area contributed by atoms with Crippen molar-refractivity contribution in [3.63, 3.8) is 0 Å². The predicted octanol–water partition coefficient (Wildman–Crippen LogP) is -0.840. The predicted molar refractivity (Wildman–Crippen MR) is 126 cm³/mol. The molecule has 5 rings (SSSR count). The number of hydrogen-bond acceptors (Lipinski definition) is 8. The minimum atomic E-state index is -0.986. The van der Waals surface area contributed by atoms with E-state index >= 15 is 0 Å². The van der Waals surface area contributed by atoms with Crippen LogP contribution in [-0.4, -0.2) is 102 Å². The van der Waals surface area contributed by atoms with Crippen LogP contribution in [-0.2, 0) is 14.4 Å². The second-order valence-corrected chi connectivity index (χ2v) is 9.63. The van der Waals surface area contributed by atoms with Crippen LogP contribution in [0.4, 0.5) is 5.69 Å². The highest BCUT2D eigenvalue weighted by Gasteiger charge is 2.46. The summed E-state index contributed by atoms with van der Waals surface area (Å²) in [5, 5.41) is 2.22. The van der Waals surface area contributed by atoms with E-state index in [9.17, 15) is 24.0 Å². The van der Waals surface area contributed by atoms with Crippen LogP contribution in [0.25, 0.3) is 0 Å². The molecule has 3 fully saturated rings. The number of carbonyl (C=O) groups is 5. The summed E-state index contributed by atoms with van der Waals surface area (Å²) in [6, 6.07) is 4.35. The van der Waals surface area contributed by atoms with Crippen molar-refractivity contribution in [2.24, 2.45) is 5.73 Å². The molecule has 11 heteroatoms. The average Bonchev–Trinajstić information content (AvgIpc) is 3.10. The van der Waals surface area contributed by atoms with E-state index in [1.165, 1.54) is 0 Å². The highest BCUT2D eigenvalue weighted by molar-refractivity contribution is 6.25. The standard InChI is InChI=1S/C24H30N6O5/c25-15-6-8-29(9-7-15)20(32)14-27-10-12-28(13-11-27)17-3-1-2-16-21(17)24(35)30(23(16)34)18-4-5-19(31)26-22(18)33/h1-3,15,18H,4-14,25H2,(H,26,31,33). The van der Waals surface area contributed by atoms with Crippen molar-refractivity contribution in [2.45, 2.75) is 37.8 Å². The SMILES string of the molecule is NC1CCN(C(=O)CN2CCN(c3cccc4c3C(=O)N(C3CCC(=O)NC3=O)C4=O)CC2)CC1. The molecule has 0 bridgehead atoms. The number of rotatable bonds is 4. The lowest BCUT2D eigenvalue weighted by molar-refractivity contribution is -0.136. The Balaban J connectivity index is 1.25. The summed E-state index contributed by atoms with van der Waals surface area (Å²) in [5.41, 5.74) is 7.17. The zero-order valence-electron chi connectivity index (χ0n) is 19.6. The summed E-state index contributed by atoms with van der Waals surface area (Å²) in [5.74, 6) is -1.91. The van der Waals surface area contributed by atoms with Crippen molar-refractivity contribution in [1.29, 1.82) is 0 Å². The number of benzene rings is 1. The lowest BCUT2D eigenvalue weighted by Gasteiger charge is -2.38. The number of piperidine rings is 2. The van der Waals surface area contributed by atoms with Crippen molar-refractivity contribution in [2.75, 3.05) is 50.7 Å². The van der Waals surface area contributed by atoms with Gasteiger partial charge in [-0.3, -0.25) is 39.1 Å². The second-order valence-electron chi connectivity index (χ2n) is 9.63. The van der Waals surface area contributed by atoms with Crippen LogP contribution in [0.15, 0.2) is 18.2 Å². The lowest BCUT2D eigenvalue weighted by Crippen LogP contribution is -2.54. The van der Waals surface area contributed by atoms with Gasteiger partial charge in [-0.2, -0.15) is 0 Å². The van der Waals surface area contributed by atoms with Crippen molar-refractivity contribution < 1.29 is 24.0 Å². The molecule has 4 heterocycles. The zero-order chi connectivity index (χ0) is 24.7. The maximum atomic E-state index is 13.3. The summed E-state index contributed by atoms with van der Waals surface area (Å²) in [6.07, 6.45) is 1.88. The van der Waals surface area contributed by atoms with E-state index in [1.807, 2.05) is 11.0 Å². The number of nitrogens with zero attached hydrogens (tertiary/aromatic N) is 4. The van der Waals surface area contributed by atoms with E-state index < -0.39 is 29.7 Å². The van der Waals surface area contributed by atoms with Crippen LogP contribution in [0.5, 0.6) is 0 Å². The fraction of sp³-hybridized carbons (Fsp3) is 0.542. The molecule has 0 saturated carbocycles. The fourth-order valence-electron chi connectivity index (χ4n) is 5.35. The van der Waals surface area contributed by atoms with Crippen molar-refractivity contribution >= 4 is 35.2 Å². The van der Waals surface area contributed by atoms with Crippen molar-refractivity contribution in [3.05, 3.63) is 29.3 Å². The Morgan fingerprint density at radius 2 is 1.66 bits per heavy atom. The quantitative estimate of drug-likeness (QED) is 0.530. The molecule has 1 unspecified atom stereocenters. The molecule has 0 aliphatic carbocycles. The van der Waals surface area contributed by atoms with E-state index in [-0.39, 0.29) is 30.4 Å². The number of piperazine rings is 1. The van der Waals surface area contributed by atoms with E-state index in [0.717, 1.165) is 17.7 Å². The molecule has 0 spiro atoms. The van der Waals surface area contributed by atoms with Gasteiger partial charge >= 0.3 is 0 Å². The van der Waals surface area contributed by atoms with Gasteiger partial charge in [-0.25, -0.2) is 0 Å². The number of imide groups is 2. The number of carbonyl (C=O) groups excluding carboxylic acids is 5. The van der Waals surface area contributed by atoms with Gasteiger partial charge in [-0.1, -0.05) is 6.07 Å². The Morgan fingerprint density at radius 3 is 2.34 bits per heavy atom. The van der Waals surface area contributed by atoms with E-state index in [1.54, 1.807) is 12.1 Å². The van der Waals surface area contributed by atoms with Crippen molar-refractivity contribution in [1.82, 2.24) is 20.0 Å². The second kappa shape index (κ2) is 9.38. The number of amides is 5. The average molecular weight is 483 g/mol. The molecular weight excluding hydrogens is 452 g/mol. The molecule has 4 aliphatic heterocycles. The van der Waals surface area contributed by atoms with Gasteiger partial charge in [-0.15, -0.1) is 0 Å². The van der Waals surface area contributed by atoms with Crippen LogP contribution in [0.3, 0.4) is 0 Å². The number of anilines is 1. The summed E-state index contributed by atoms with van der Waals surface area (Å²) in [6.45, 7) is 4.29. The van der Waals surface area contributed by atoms with Gasteiger partial charge < -0.3 is 15.5 Å². The number of fused-ring (bicyclic) bond motifs is 1. The molecule has 3 saturated heterocycles. The molecule has 35 heavy (non-hydrogen) atoms. The normalized spacial score (nSPS) is 24.1. The molecule has 1 aromatic carbocycles. The molecule has 1 aromatic rings. The first-order valence-electron chi connectivity index (χ1n) is 12.2. The molecule has 186 valence electrons. The Kier molecular flexibility index (Phi) is 6.28. The fourth-order valence-corrected chi connectivity index (χ4v) is 5.35. The lowest BCUT2D eigenvalue weighted by atomic mass is 10.0. The van der Waals surface area contributed by atoms with Gasteiger partial charge in [0, 0.05) is 51.7 Å². The highest BCUT2D eigenvalue weighted by atomic mass is 16.2. The van der Waals surface area contributed by atoms with Gasteiger partial charge in [0.15, 0.2) is 0 Å². The van der Waals surface area contributed by atoms with Gasteiger partial charge in [-0.05, 0) is 31.4 Å². The van der Waals surface area contributed by atoms with Crippen LogP contribution in [0, 0.1) is 0 Å². The Labute approximate surface area is 203 Å². The summed E-state index contributed by atoms with van der Waals surface area (Å²) in [7, 11) is 0. The monoisotopic (exact) mass is 482 g/mol. The Hall–Kier alpha value is -3.31. The van der Waals surface area contributed by atoms with Crippen LogP contribution in [0.1, 0.15) is 46.4 Å². The molecule has 0 radical (unpaired) electrons. The first-order valence-corrected chi connectivity index (χ1v) is 12.2. The Bertz CT molecular complexity index is 1070. The Morgan fingerprint density at radius 1 is 0.943 bits per heavy atom.